The topological polar surface area (TPSA) is 0 Å². The highest BCUT2D eigenvalue weighted by atomic mass is 79.9. The van der Waals surface area contributed by atoms with E-state index >= 15 is 0 Å². The van der Waals surface area contributed by atoms with Crippen LogP contribution in [0.1, 0.15) is 13.8 Å². The maximum Gasteiger partial charge on any atom is -0.0226 e. The first kappa shape index (κ1) is 6.22. The Morgan fingerprint density at radius 2 is 2.00 bits per heavy atom. The van der Waals surface area contributed by atoms with Crippen molar-refractivity contribution in [2.24, 2.45) is 5.92 Å². The van der Waals surface area contributed by atoms with Crippen molar-refractivity contribution in [1.82, 2.24) is 0 Å². The van der Waals surface area contributed by atoms with E-state index in [4.69, 9.17) is 0 Å². The van der Waals surface area contributed by atoms with Crippen molar-refractivity contribution in [3.63, 3.8) is 0 Å². The van der Waals surface area contributed by atoms with Gasteiger partial charge >= 0.3 is 0 Å². The van der Waals surface area contributed by atoms with Gasteiger partial charge in [0.15, 0.2) is 0 Å². The Kier molecular flexibility index (Phi) is 3.54. The number of rotatable bonds is 1. The normalized spacial score (nSPS) is 11.3. The summed E-state index contributed by atoms with van der Waals surface area (Å²) in [4.78, 5) is 1.89. The van der Waals surface area contributed by atoms with Gasteiger partial charge in [-0.05, 0) is 10.9 Å². The summed E-state index contributed by atoms with van der Waals surface area (Å²) in [6.07, 6.45) is 2.08. The van der Waals surface area contributed by atoms with Crippen LogP contribution in [0.3, 0.4) is 0 Å². The summed E-state index contributed by atoms with van der Waals surface area (Å²) in [5.41, 5.74) is 0. The Balaban J connectivity index is 3.03. The minimum absolute atomic E-state index is 0.671. The second-order valence-corrected chi connectivity index (χ2v) is 2.09. The van der Waals surface area contributed by atoms with Gasteiger partial charge < -0.3 is 0 Å². The Labute approximate surface area is 47.4 Å². The van der Waals surface area contributed by atoms with Crippen LogP contribution in [0.25, 0.3) is 0 Å². The second kappa shape index (κ2) is 3.41. The molecular weight excluding hydrogens is 140 g/mol. The molecule has 0 saturated carbocycles. The molecule has 0 bridgehead atoms. The monoisotopic (exact) mass is 148 g/mol. The van der Waals surface area contributed by atoms with Crippen LogP contribution in [0, 0.1) is 5.92 Å². The molecule has 1 heteroatoms. The van der Waals surface area contributed by atoms with E-state index in [2.05, 4.69) is 35.9 Å². The van der Waals surface area contributed by atoms with Gasteiger partial charge in [0, 0.05) is 0 Å². The van der Waals surface area contributed by atoms with Crippen LogP contribution in [0.2, 0.25) is 0 Å². The SMILES string of the molecule is CC(C)C=CBr. The van der Waals surface area contributed by atoms with Gasteiger partial charge in [-0.25, -0.2) is 0 Å². The first-order valence-electron chi connectivity index (χ1n) is 2.04. The predicted molar refractivity (Wildman–Crippen MR) is 32.9 cm³/mol. The third kappa shape index (κ3) is 4.22. The molecule has 6 heavy (non-hydrogen) atoms. The Morgan fingerprint density at radius 3 is 2.00 bits per heavy atom. The summed E-state index contributed by atoms with van der Waals surface area (Å²) in [6.45, 7) is 4.27. The molecule has 0 aromatic carbocycles. The zero-order chi connectivity index (χ0) is 4.99. The van der Waals surface area contributed by atoms with Crippen molar-refractivity contribution in [2.75, 3.05) is 0 Å². The van der Waals surface area contributed by atoms with Gasteiger partial charge in [-0.3, -0.25) is 0 Å². The lowest BCUT2D eigenvalue weighted by Gasteiger charge is -1.86. The molecule has 0 aliphatic rings. The minimum atomic E-state index is 0.671. The number of allylic oxidation sites excluding steroid dienone is 1. The molecule has 0 aromatic rings. The second-order valence-electron chi connectivity index (χ2n) is 1.56. The van der Waals surface area contributed by atoms with Crippen LogP contribution in [0.5, 0.6) is 0 Å². The molecule has 0 aromatic heterocycles. The molecule has 0 nitrogen and oxygen atoms in total. The van der Waals surface area contributed by atoms with Crippen LogP contribution in [-0.2, 0) is 0 Å². The third-order valence-corrected chi connectivity index (χ3v) is 0.763. The largest absolute Gasteiger partial charge is 0.0750 e. The highest BCUT2D eigenvalue weighted by Gasteiger charge is 1.77. The van der Waals surface area contributed by atoms with Gasteiger partial charge in [0.1, 0.15) is 0 Å². The van der Waals surface area contributed by atoms with Gasteiger partial charge in [0.25, 0.3) is 0 Å². The lowest BCUT2D eigenvalue weighted by Crippen LogP contribution is -1.72. The van der Waals surface area contributed by atoms with Crippen molar-refractivity contribution in [3.8, 4) is 0 Å². The van der Waals surface area contributed by atoms with Gasteiger partial charge in [-0.2, -0.15) is 0 Å². The van der Waals surface area contributed by atoms with E-state index in [0.717, 1.165) is 0 Å². The lowest BCUT2D eigenvalue weighted by atomic mass is 10.2. The standard InChI is InChI=1S/C5H9Br/c1-5(2)3-4-6/h3-5H,1-2H3. The molecule has 0 atom stereocenters. The van der Waals surface area contributed by atoms with Gasteiger partial charge in [0.05, 0.1) is 0 Å². The molecule has 0 radical (unpaired) electrons. The molecular formula is C5H9Br. The van der Waals surface area contributed by atoms with E-state index < -0.39 is 0 Å². The van der Waals surface area contributed by atoms with Crippen molar-refractivity contribution < 1.29 is 0 Å². The van der Waals surface area contributed by atoms with E-state index in [-0.39, 0.29) is 0 Å². The van der Waals surface area contributed by atoms with Crippen molar-refractivity contribution in [3.05, 3.63) is 11.1 Å². The summed E-state index contributed by atoms with van der Waals surface area (Å²) in [6, 6.07) is 0. The van der Waals surface area contributed by atoms with Gasteiger partial charge in [-0.1, -0.05) is 35.9 Å². The highest BCUT2D eigenvalue weighted by molar-refractivity contribution is 9.11. The molecule has 0 spiro atoms. The Morgan fingerprint density at radius 1 is 1.50 bits per heavy atom. The van der Waals surface area contributed by atoms with Crippen molar-refractivity contribution >= 4 is 15.9 Å². The smallest absolute Gasteiger partial charge is 0.0226 e. The van der Waals surface area contributed by atoms with Crippen LogP contribution in [-0.4, -0.2) is 0 Å². The number of halogens is 1. The molecule has 36 valence electrons. The fourth-order valence-electron chi connectivity index (χ4n) is 0.145. The van der Waals surface area contributed by atoms with Crippen molar-refractivity contribution in [2.45, 2.75) is 13.8 Å². The average molecular weight is 149 g/mol. The van der Waals surface area contributed by atoms with Crippen molar-refractivity contribution in [1.29, 1.82) is 0 Å². The van der Waals surface area contributed by atoms with Crippen LogP contribution in [0.4, 0.5) is 0 Å². The molecule has 0 N–H and O–H groups in total. The zero-order valence-corrected chi connectivity index (χ0v) is 5.70. The molecule has 0 amide bonds. The molecule has 0 aliphatic carbocycles. The summed E-state index contributed by atoms with van der Waals surface area (Å²) in [7, 11) is 0. The molecule has 0 saturated heterocycles. The molecule has 0 heterocycles. The molecule has 0 fully saturated rings. The van der Waals surface area contributed by atoms with E-state index in [1.165, 1.54) is 0 Å². The number of hydrogen-bond donors (Lipinski definition) is 0. The molecule has 0 aliphatic heterocycles. The van der Waals surface area contributed by atoms with Crippen LogP contribution >= 0.6 is 15.9 Å². The quantitative estimate of drug-likeness (QED) is 0.537. The lowest BCUT2D eigenvalue weighted by molar-refractivity contribution is 0.834. The van der Waals surface area contributed by atoms with Crippen LogP contribution < -0.4 is 0 Å². The Hall–Kier alpha value is 0.220. The summed E-state index contributed by atoms with van der Waals surface area (Å²) < 4.78 is 0. The summed E-state index contributed by atoms with van der Waals surface area (Å²) in [5.74, 6) is 0.671. The van der Waals surface area contributed by atoms with Crippen LogP contribution in [0.15, 0.2) is 11.1 Å². The minimum Gasteiger partial charge on any atom is -0.0750 e. The number of hydrogen-bond acceptors (Lipinski definition) is 0. The van der Waals surface area contributed by atoms with E-state index in [0.29, 0.717) is 5.92 Å². The average Bonchev–Trinajstić information content (AvgIpc) is 1.35. The first-order chi connectivity index (χ1) is 2.77. The van der Waals surface area contributed by atoms with E-state index in [9.17, 15) is 0 Å². The third-order valence-electron chi connectivity index (χ3n) is 0.458. The molecule has 0 rings (SSSR count). The van der Waals surface area contributed by atoms with E-state index in [1.54, 1.807) is 0 Å². The summed E-state index contributed by atoms with van der Waals surface area (Å²) in [5, 5.41) is 0. The van der Waals surface area contributed by atoms with Gasteiger partial charge in [-0.15, -0.1) is 0 Å². The van der Waals surface area contributed by atoms with E-state index in [1.807, 2.05) is 4.99 Å². The maximum absolute atomic E-state index is 3.17. The first-order valence-corrected chi connectivity index (χ1v) is 2.96. The van der Waals surface area contributed by atoms with Gasteiger partial charge in [0.2, 0.25) is 0 Å². The predicted octanol–water partition coefficient (Wildman–Crippen LogP) is 2.55. The fourth-order valence-corrected chi connectivity index (χ4v) is 0.756. The Bertz CT molecular complexity index is 45.9. The fraction of sp³-hybridized carbons (Fsp3) is 0.600. The molecule has 0 unspecified atom stereocenters. The zero-order valence-electron chi connectivity index (χ0n) is 4.11. The highest BCUT2D eigenvalue weighted by Crippen LogP contribution is 1.94. The summed E-state index contributed by atoms with van der Waals surface area (Å²) >= 11 is 3.17. The maximum atomic E-state index is 3.17.